The van der Waals surface area contributed by atoms with Crippen molar-refractivity contribution in [1.82, 2.24) is 20.4 Å². The second kappa shape index (κ2) is 11.6. The average Bonchev–Trinajstić information content (AvgIpc) is 3.20. The quantitative estimate of drug-likeness (QED) is 0.381. The Balaban J connectivity index is 1.72. The van der Waals surface area contributed by atoms with Crippen LogP contribution in [0.2, 0.25) is 0 Å². The molecule has 0 fully saturated rings. The Morgan fingerprint density at radius 1 is 1.06 bits per heavy atom. The largest absolute Gasteiger partial charge is 0.383 e. The van der Waals surface area contributed by atoms with Gasteiger partial charge in [-0.1, -0.05) is 60.2 Å². The van der Waals surface area contributed by atoms with E-state index >= 15 is 0 Å². The first kappa shape index (κ1) is 23.0. The number of hydrogen-bond donors (Lipinski definition) is 2. The van der Waals surface area contributed by atoms with Crippen LogP contribution in [0.5, 0.6) is 0 Å². The first-order valence-electron chi connectivity index (χ1n) is 10.4. The van der Waals surface area contributed by atoms with Crippen molar-refractivity contribution in [3.8, 4) is 11.3 Å². The van der Waals surface area contributed by atoms with Crippen molar-refractivity contribution < 1.29 is 14.3 Å². The predicted molar refractivity (Wildman–Crippen MR) is 125 cm³/mol. The maximum Gasteiger partial charge on any atom is 0.244 e. The SMILES string of the molecule is COCCNC(=O)CNC(=O)/C=C/c1cn(Cc2ccccc2)nc1-c1ccc(C)cc1. The number of nitrogens with one attached hydrogen (secondary N) is 2. The highest BCUT2D eigenvalue weighted by atomic mass is 16.5. The number of carbonyl (C=O) groups excluding carboxylic acids is 2. The molecule has 0 bridgehead atoms. The molecule has 2 aromatic carbocycles. The summed E-state index contributed by atoms with van der Waals surface area (Å²) in [6.07, 6.45) is 5.06. The molecule has 0 aliphatic heterocycles. The molecule has 0 aliphatic carbocycles. The molecule has 7 heteroatoms. The lowest BCUT2D eigenvalue weighted by Gasteiger charge is -2.04. The summed E-state index contributed by atoms with van der Waals surface area (Å²) in [5, 5.41) is 10.0. The van der Waals surface area contributed by atoms with Gasteiger partial charge in [-0.05, 0) is 18.6 Å². The van der Waals surface area contributed by atoms with Crippen LogP contribution in [0, 0.1) is 6.92 Å². The van der Waals surface area contributed by atoms with E-state index in [1.54, 1.807) is 13.2 Å². The fourth-order valence-corrected chi connectivity index (χ4v) is 3.09. The molecule has 3 rings (SSSR count). The van der Waals surface area contributed by atoms with Gasteiger partial charge in [0.1, 0.15) is 0 Å². The van der Waals surface area contributed by atoms with Crippen molar-refractivity contribution in [2.45, 2.75) is 13.5 Å². The number of carbonyl (C=O) groups is 2. The number of benzene rings is 2. The van der Waals surface area contributed by atoms with Crippen LogP contribution in [0.3, 0.4) is 0 Å². The van der Waals surface area contributed by atoms with Gasteiger partial charge in [-0.25, -0.2) is 0 Å². The van der Waals surface area contributed by atoms with Gasteiger partial charge in [0.15, 0.2) is 0 Å². The van der Waals surface area contributed by atoms with E-state index in [9.17, 15) is 9.59 Å². The van der Waals surface area contributed by atoms with Gasteiger partial charge in [-0.2, -0.15) is 5.10 Å². The summed E-state index contributed by atoms with van der Waals surface area (Å²) in [6.45, 7) is 3.40. The first-order chi connectivity index (χ1) is 15.5. The van der Waals surface area contributed by atoms with Crippen LogP contribution in [0.25, 0.3) is 17.3 Å². The summed E-state index contributed by atoms with van der Waals surface area (Å²) in [5.74, 6) is -0.614. The Kier molecular flexibility index (Phi) is 8.34. The molecule has 0 radical (unpaired) electrons. The first-order valence-corrected chi connectivity index (χ1v) is 10.4. The molecule has 0 unspecified atom stereocenters. The number of aromatic nitrogens is 2. The second-order valence-corrected chi connectivity index (χ2v) is 7.38. The highest BCUT2D eigenvalue weighted by molar-refractivity contribution is 5.95. The van der Waals surface area contributed by atoms with Gasteiger partial charge in [-0.15, -0.1) is 0 Å². The third kappa shape index (κ3) is 6.92. The molecule has 0 saturated heterocycles. The summed E-state index contributed by atoms with van der Waals surface area (Å²) in [7, 11) is 1.56. The Hall–Kier alpha value is -3.71. The number of nitrogens with zero attached hydrogens (tertiary/aromatic N) is 2. The Morgan fingerprint density at radius 2 is 1.81 bits per heavy atom. The van der Waals surface area contributed by atoms with E-state index in [1.807, 2.05) is 72.4 Å². The zero-order valence-corrected chi connectivity index (χ0v) is 18.4. The zero-order chi connectivity index (χ0) is 22.8. The highest BCUT2D eigenvalue weighted by Crippen LogP contribution is 2.24. The van der Waals surface area contributed by atoms with Crippen LogP contribution < -0.4 is 10.6 Å². The van der Waals surface area contributed by atoms with Gasteiger partial charge in [0.25, 0.3) is 0 Å². The van der Waals surface area contributed by atoms with Crippen LogP contribution in [-0.2, 0) is 20.9 Å². The van der Waals surface area contributed by atoms with Crippen molar-refractivity contribution >= 4 is 17.9 Å². The Morgan fingerprint density at radius 3 is 2.53 bits per heavy atom. The van der Waals surface area contributed by atoms with Gasteiger partial charge in [-0.3, -0.25) is 14.3 Å². The van der Waals surface area contributed by atoms with Crippen LogP contribution in [0.4, 0.5) is 0 Å². The minimum atomic E-state index is -0.349. The fraction of sp³-hybridized carbons (Fsp3) is 0.240. The lowest BCUT2D eigenvalue weighted by molar-refractivity contribution is -0.124. The Bertz CT molecular complexity index is 1060. The van der Waals surface area contributed by atoms with Crippen LogP contribution >= 0.6 is 0 Å². The average molecular weight is 433 g/mol. The van der Waals surface area contributed by atoms with Crippen LogP contribution in [0.15, 0.2) is 66.9 Å². The van der Waals surface area contributed by atoms with Crippen LogP contribution in [0.1, 0.15) is 16.7 Å². The van der Waals surface area contributed by atoms with E-state index in [0.717, 1.165) is 27.9 Å². The molecule has 0 saturated carbocycles. The molecule has 0 spiro atoms. The molecule has 32 heavy (non-hydrogen) atoms. The van der Waals surface area contributed by atoms with Gasteiger partial charge < -0.3 is 15.4 Å². The molecular formula is C25H28N4O3. The number of amides is 2. The molecule has 2 amide bonds. The fourth-order valence-electron chi connectivity index (χ4n) is 3.09. The number of rotatable bonds is 10. The Labute approximate surface area is 188 Å². The van der Waals surface area contributed by atoms with Crippen molar-refractivity contribution in [2.75, 3.05) is 26.8 Å². The van der Waals surface area contributed by atoms with E-state index in [-0.39, 0.29) is 18.4 Å². The van der Waals surface area contributed by atoms with E-state index < -0.39 is 0 Å². The van der Waals surface area contributed by atoms with Crippen molar-refractivity contribution in [3.05, 3.63) is 83.6 Å². The number of methoxy groups -OCH3 is 1. The third-order valence-electron chi connectivity index (χ3n) is 4.77. The summed E-state index contributed by atoms with van der Waals surface area (Å²) in [4.78, 5) is 23.9. The molecular weight excluding hydrogens is 404 g/mol. The minimum absolute atomic E-state index is 0.0923. The lowest BCUT2D eigenvalue weighted by Crippen LogP contribution is -2.37. The molecule has 1 heterocycles. The highest BCUT2D eigenvalue weighted by Gasteiger charge is 2.11. The standard InChI is InChI=1S/C25H28N4O3/c1-19-8-10-21(11-9-19)25-22(18-29(28-25)17-20-6-4-3-5-7-20)12-13-23(30)27-16-24(31)26-14-15-32-2/h3-13,18H,14-17H2,1-2H3,(H,26,31)(H,27,30)/b13-12+. The van der Waals surface area contributed by atoms with Crippen LogP contribution in [-0.4, -0.2) is 48.4 Å². The summed E-state index contributed by atoms with van der Waals surface area (Å²) in [6, 6.07) is 18.2. The number of ether oxygens (including phenoxy) is 1. The zero-order valence-electron chi connectivity index (χ0n) is 18.4. The molecule has 1 aromatic heterocycles. The normalized spacial score (nSPS) is 10.9. The van der Waals surface area contributed by atoms with Crippen molar-refractivity contribution in [1.29, 1.82) is 0 Å². The van der Waals surface area contributed by atoms with E-state index in [0.29, 0.717) is 19.7 Å². The maximum atomic E-state index is 12.2. The second-order valence-electron chi connectivity index (χ2n) is 7.38. The number of hydrogen-bond acceptors (Lipinski definition) is 4. The molecule has 0 atom stereocenters. The molecule has 2 N–H and O–H groups in total. The van der Waals surface area contributed by atoms with Crippen molar-refractivity contribution in [3.63, 3.8) is 0 Å². The number of aryl methyl sites for hydroxylation is 1. The monoisotopic (exact) mass is 432 g/mol. The summed E-state index contributed by atoms with van der Waals surface area (Å²) in [5.41, 5.74) is 4.89. The molecule has 166 valence electrons. The maximum absolute atomic E-state index is 12.2. The van der Waals surface area contributed by atoms with Gasteiger partial charge >= 0.3 is 0 Å². The third-order valence-corrected chi connectivity index (χ3v) is 4.77. The topological polar surface area (TPSA) is 85.3 Å². The predicted octanol–water partition coefficient (Wildman–Crippen LogP) is 2.80. The van der Waals surface area contributed by atoms with Crippen molar-refractivity contribution in [2.24, 2.45) is 0 Å². The van der Waals surface area contributed by atoms with E-state index in [4.69, 9.17) is 9.84 Å². The van der Waals surface area contributed by atoms with E-state index in [2.05, 4.69) is 10.6 Å². The lowest BCUT2D eigenvalue weighted by atomic mass is 10.1. The van der Waals surface area contributed by atoms with Gasteiger partial charge in [0.2, 0.25) is 11.8 Å². The van der Waals surface area contributed by atoms with Gasteiger partial charge in [0, 0.05) is 37.1 Å². The molecule has 7 nitrogen and oxygen atoms in total. The molecule has 3 aromatic rings. The molecule has 0 aliphatic rings. The summed E-state index contributed by atoms with van der Waals surface area (Å²) < 4.78 is 6.74. The van der Waals surface area contributed by atoms with Gasteiger partial charge in [0.05, 0.1) is 25.4 Å². The minimum Gasteiger partial charge on any atom is -0.383 e. The smallest absolute Gasteiger partial charge is 0.244 e. The van der Waals surface area contributed by atoms with E-state index in [1.165, 1.54) is 6.08 Å². The summed E-state index contributed by atoms with van der Waals surface area (Å²) >= 11 is 0.